The molecule has 2 aromatic carbocycles. The summed E-state index contributed by atoms with van der Waals surface area (Å²) in [6.07, 6.45) is 0.207. The molecule has 3 rings (SSSR count). The van der Waals surface area contributed by atoms with Crippen molar-refractivity contribution in [2.45, 2.75) is 32.0 Å². The molecule has 0 spiro atoms. The van der Waals surface area contributed by atoms with E-state index in [9.17, 15) is 10.2 Å². The van der Waals surface area contributed by atoms with Crippen LogP contribution in [0.3, 0.4) is 0 Å². The lowest BCUT2D eigenvalue weighted by molar-refractivity contribution is -0.709. The first-order valence-electron chi connectivity index (χ1n) is 8.43. The smallest absolute Gasteiger partial charge is 0.179 e. The molecule has 0 aromatic heterocycles. The maximum Gasteiger partial charge on any atom is 0.179 e. The second kappa shape index (κ2) is 7.95. The van der Waals surface area contributed by atoms with Crippen molar-refractivity contribution in [3.05, 3.63) is 52.5 Å². The third-order valence-electron chi connectivity index (χ3n) is 4.32. The largest absolute Gasteiger partial charge is 0.508 e. The summed E-state index contributed by atoms with van der Waals surface area (Å²) in [6, 6.07) is 10.4. The van der Waals surface area contributed by atoms with E-state index in [0.29, 0.717) is 36.3 Å². The van der Waals surface area contributed by atoms with E-state index in [2.05, 4.69) is 0 Å². The van der Waals surface area contributed by atoms with E-state index in [0.717, 1.165) is 17.5 Å². The lowest BCUT2D eigenvalue weighted by Crippen LogP contribution is -2.88. The number of quaternary nitrogens is 1. The van der Waals surface area contributed by atoms with Crippen LogP contribution in [0.5, 0.6) is 17.2 Å². The van der Waals surface area contributed by atoms with Crippen LogP contribution in [-0.4, -0.2) is 29.5 Å². The summed E-state index contributed by atoms with van der Waals surface area (Å²) >= 11 is 6.32. The molecule has 0 unspecified atom stereocenters. The molecule has 0 bridgehead atoms. The third-order valence-corrected chi connectivity index (χ3v) is 4.60. The number of aliphatic hydroxyl groups excluding tert-OH is 1. The van der Waals surface area contributed by atoms with Crippen molar-refractivity contribution in [1.82, 2.24) is 0 Å². The number of hydrogen-bond acceptors (Lipinski definition) is 4. The SMILES string of the molecule is C[C@H]([NH2+]Cc1cc(Cl)c2c(c1)OCCCO2)[C@H](O)c1ccc(O)cc1. The number of benzene rings is 2. The minimum absolute atomic E-state index is 0.0562. The van der Waals surface area contributed by atoms with Crippen LogP contribution in [0.4, 0.5) is 0 Å². The monoisotopic (exact) mass is 364 g/mol. The highest BCUT2D eigenvalue weighted by Gasteiger charge is 2.21. The Morgan fingerprint density at radius 1 is 1.16 bits per heavy atom. The summed E-state index contributed by atoms with van der Waals surface area (Å²) in [4.78, 5) is 0. The van der Waals surface area contributed by atoms with Gasteiger partial charge in [0.25, 0.3) is 0 Å². The molecule has 2 atom stereocenters. The van der Waals surface area contributed by atoms with E-state index >= 15 is 0 Å². The van der Waals surface area contributed by atoms with Gasteiger partial charge in [-0.25, -0.2) is 0 Å². The quantitative estimate of drug-likeness (QED) is 0.761. The molecule has 0 saturated carbocycles. The van der Waals surface area contributed by atoms with Crippen LogP contribution < -0.4 is 14.8 Å². The second-order valence-corrected chi connectivity index (χ2v) is 6.70. The molecule has 0 radical (unpaired) electrons. The van der Waals surface area contributed by atoms with E-state index in [-0.39, 0.29) is 11.8 Å². The molecule has 1 aliphatic heterocycles. The van der Waals surface area contributed by atoms with Gasteiger partial charge in [-0.15, -0.1) is 0 Å². The third kappa shape index (κ3) is 4.37. The normalized spacial score (nSPS) is 16.1. The van der Waals surface area contributed by atoms with Crippen molar-refractivity contribution in [3.63, 3.8) is 0 Å². The maximum absolute atomic E-state index is 10.5. The lowest BCUT2D eigenvalue weighted by atomic mass is 10.0. The van der Waals surface area contributed by atoms with Gasteiger partial charge in [-0.2, -0.15) is 0 Å². The van der Waals surface area contributed by atoms with Gasteiger partial charge >= 0.3 is 0 Å². The molecule has 4 N–H and O–H groups in total. The van der Waals surface area contributed by atoms with E-state index < -0.39 is 6.10 Å². The number of aliphatic hydroxyl groups is 1. The van der Waals surface area contributed by atoms with Crippen molar-refractivity contribution in [3.8, 4) is 17.2 Å². The van der Waals surface area contributed by atoms with Crippen molar-refractivity contribution in [2.75, 3.05) is 13.2 Å². The topological polar surface area (TPSA) is 75.5 Å². The summed E-state index contributed by atoms with van der Waals surface area (Å²) in [5.41, 5.74) is 1.79. The predicted octanol–water partition coefficient (Wildman–Crippen LogP) is 2.39. The zero-order valence-corrected chi connectivity index (χ0v) is 14.9. The molecular weight excluding hydrogens is 342 g/mol. The average molecular weight is 365 g/mol. The van der Waals surface area contributed by atoms with Crippen molar-refractivity contribution in [1.29, 1.82) is 0 Å². The Morgan fingerprint density at radius 3 is 2.64 bits per heavy atom. The molecule has 134 valence electrons. The second-order valence-electron chi connectivity index (χ2n) is 6.29. The first-order valence-corrected chi connectivity index (χ1v) is 8.80. The van der Waals surface area contributed by atoms with E-state index in [1.165, 1.54) is 0 Å². The van der Waals surface area contributed by atoms with Crippen LogP contribution in [-0.2, 0) is 6.54 Å². The fraction of sp³-hybridized carbons (Fsp3) is 0.368. The number of ether oxygens (including phenoxy) is 2. The van der Waals surface area contributed by atoms with Gasteiger partial charge in [-0.1, -0.05) is 23.7 Å². The number of halogens is 1. The molecule has 2 aromatic rings. The molecule has 6 heteroatoms. The molecule has 0 aliphatic carbocycles. The minimum atomic E-state index is -0.628. The van der Waals surface area contributed by atoms with Gasteiger partial charge in [-0.3, -0.25) is 0 Å². The molecule has 1 heterocycles. The summed E-state index contributed by atoms with van der Waals surface area (Å²) in [7, 11) is 0. The van der Waals surface area contributed by atoms with Crippen LogP contribution in [0.2, 0.25) is 5.02 Å². The fourth-order valence-corrected chi connectivity index (χ4v) is 3.12. The molecular formula is C19H23ClNO4+. The standard InChI is InChI=1S/C19H22ClNO4/c1-12(18(23)14-3-5-15(22)6-4-14)21-11-13-9-16(20)19-17(10-13)24-7-2-8-25-19/h3-6,9-10,12,18,21-23H,2,7-8,11H2,1H3/p+1/t12-,18-/m0/s1. The Morgan fingerprint density at radius 2 is 1.88 bits per heavy atom. The number of aromatic hydroxyl groups is 1. The Bertz CT molecular complexity index is 720. The van der Waals surface area contributed by atoms with Crippen LogP contribution in [0.25, 0.3) is 0 Å². The van der Waals surface area contributed by atoms with Crippen LogP contribution in [0, 0.1) is 0 Å². The van der Waals surface area contributed by atoms with Gasteiger partial charge in [0, 0.05) is 12.0 Å². The summed E-state index contributed by atoms with van der Waals surface area (Å²) in [6.45, 7) is 3.84. The number of fused-ring (bicyclic) bond motifs is 1. The Labute approximate surface area is 152 Å². The van der Waals surface area contributed by atoms with Crippen LogP contribution >= 0.6 is 11.6 Å². The Balaban J connectivity index is 1.65. The average Bonchev–Trinajstić information content (AvgIpc) is 2.85. The zero-order valence-electron chi connectivity index (χ0n) is 14.1. The van der Waals surface area contributed by atoms with E-state index in [4.69, 9.17) is 21.1 Å². The number of nitrogens with two attached hydrogens (primary N) is 1. The maximum atomic E-state index is 10.5. The molecule has 1 aliphatic rings. The molecule has 25 heavy (non-hydrogen) atoms. The zero-order chi connectivity index (χ0) is 17.8. The van der Waals surface area contributed by atoms with Crippen molar-refractivity contribution in [2.24, 2.45) is 0 Å². The highest BCUT2D eigenvalue weighted by Crippen LogP contribution is 2.37. The first-order chi connectivity index (χ1) is 12.0. The Kier molecular flexibility index (Phi) is 5.68. The fourth-order valence-electron chi connectivity index (χ4n) is 2.83. The molecule has 0 amide bonds. The Hall–Kier alpha value is -1.95. The highest BCUT2D eigenvalue weighted by atomic mass is 35.5. The van der Waals surface area contributed by atoms with Gasteiger partial charge in [-0.05, 0) is 36.8 Å². The highest BCUT2D eigenvalue weighted by molar-refractivity contribution is 6.32. The van der Waals surface area contributed by atoms with Crippen LogP contribution in [0.1, 0.15) is 30.6 Å². The van der Waals surface area contributed by atoms with Crippen molar-refractivity contribution < 1.29 is 25.0 Å². The molecule has 0 fully saturated rings. The van der Waals surface area contributed by atoms with E-state index in [1.54, 1.807) is 24.3 Å². The number of hydrogen-bond donors (Lipinski definition) is 3. The van der Waals surface area contributed by atoms with Crippen LogP contribution in [0.15, 0.2) is 36.4 Å². The minimum Gasteiger partial charge on any atom is -0.508 e. The van der Waals surface area contributed by atoms with Gasteiger partial charge in [0.15, 0.2) is 11.5 Å². The molecule has 5 nitrogen and oxygen atoms in total. The van der Waals surface area contributed by atoms with Gasteiger partial charge < -0.3 is 25.0 Å². The number of phenols is 1. The lowest BCUT2D eigenvalue weighted by Gasteiger charge is -2.18. The number of rotatable bonds is 5. The van der Waals surface area contributed by atoms with Gasteiger partial charge in [0.2, 0.25) is 0 Å². The predicted molar refractivity (Wildman–Crippen MR) is 95.2 cm³/mol. The summed E-state index contributed by atoms with van der Waals surface area (Å²) < 4.78 is 11.3. The van der Waals surface area contributed by atoms with Crippen molar-refractivity contribution >= 4 is 11.6 Å². The van der Waals surface area contributed by atoms with Gasteiger partial charge in [0.1, 0.15) is 24.4 Å². The van der Waals surface area contributed by atoms with Gasteiger partial charge in [0.05, 0.1) is 18.2 Å². The number of phenolic OH excluding ortho intramolecular Hbond substituents is 1. The first kappa shape index (κ1) is 17.9. The summed E-state index contributed by atoms with van der Waals surface area (Å²) in [5.74, 6) is 1.48. The summed E-state index contributed by atoms with van der Waals surface area (Å²) in [5, 5.41) is 22.4. The van der Waals surface area contributed by atoms with E-state index in [1.807, 2.05) is 24.4 Å². The molecule has 0 saturated heterocycles.